The molecule has 0 bridgehead atoms. The fourth-order valence-corrected chi connectivity index (χ4v) is 2.88. The van der Waals surface area contributed by atoms with Crippen molar-refractivity contribution in [1.82, 2.24) is 0 Å². The van der Waals surface area contributed by atoms with E-state index in [0.29, 0.717) is 24.0 Å². The molecular weight excluding hydrogens is 338 g/mol. The molecule has 1 aliphatic carbocycles. The standard InChI is InChI=1S/C18H15F4NO2/c19-14-9-12(17(7-8-17)16(23)25)5-6-13(14)10-1-3-11(4-2-10)15(24)18(20,21)22/h1-6,9,15,24H,7-8H2,(H2,23,25). The van der Waals surface area contributed by atoms with Crippen molar-refractivity contribution in [2.24, 2.45) is 5.73 Å². The summed E-state index contributed by atoms with van der Waals surface area (Å²) < 4.78 is 51.9. The molecule has 1 unspecified atom stereocenters. The molecule has 3 rings (SSSR count). The Hall–Kier alpha value is -2.41. The van der Waals surface area contributed by atoms with Crippen LogP contribution in [0.5, 0.6) is 0 Å². The third-order valence-corrected chi connectivity index (χ3v) is 4.59. The summed E-state index contributed by atoms with van der Waals surface area (Å²) in [7, 11) is 0. The first-order valence-corrected chi connectivity index (χ1v) is 7.60. The molecule has 2 aromatic rings. The van der Waals surface area contributed by atoms with Crippen molar-refractivity contribution in [2.45, 2.75) is 30.5 Å². The van der Waals surface area contributed by atoms with Gasteiger partial charge in [0.25, 0.3) is 0 Å². The molecule has 1 aliphatic rings. The van der Waals surface area contributed by atoms with E-state index in [4.69, 9.17) is 5.73 Å². The highest BCUT2D eigenvalue weighted by Gasteiger charge is 2.50. The van der Waals surface area contributed by atoms with Crippen molar-refractivity contribution in [2.75, 3.05) is 0 Å². The first-order valence-electron chi connectivity index (χ1n) is 7.60. The first-order chi connectivity index (χ1) is 11.6. The van der Waals surface area contributed by atoms with Gasteiger partial charge < -0.3 is 10.8 Å². The average Bonchev–Trinajstić information content (AvgIpc) is 3.35. The van der Waals surface area contributed by atoms with Crippen molar-refractivity contribution in [1.29, 1.82) is 0 Å². The lowest BCUT2D eigenvalue weighted by atomic mass is 9.92. The molecule has 0 radical (unpaired) electrons. The Bertz CT molecular complexity index is 811. The zero-order valence-electron chi connectivity index (χ0n) is 13.0. The van der Waals surface area contributed by atoms with Crippen LogP contribution in [0.15, 0.2) is 42.5 Å². The topological polar surface area (TPSA) is 63.3 Å². The number of hydrogen-bond donors (Lipinski definition) is 2. The Kier molecular flexibility index (Phi) is 4.07. The van der Waals surface area contributed by atoms with Crippen molar-refractivity contribution < 1.29 is 27.5 Å². The molecule has 2 aromatic carbocycles. The molecule has 0 spiro atoms. The molecule has 7 heteroatoms. The van der Waals surface area contributed by atoms with Crippen molar-refractivity contribution in [3.63, 3.8) is 0 Å². The molecule has 1 fully saturated rings. The molecule has 0 heterocycles. The van der Waals surface area contributed by atoms with Crippen LogP contribution in [0, 0.1) is 5.82 Å². The van der Waals surface area contributed by atoms with Gasteiger partial charge in [-0.15, -0.1) is 0 Å². The van der Waals surface area contributed by atoms with Gasteiger partial charge in [0.05, 0.1) is 5.41 Å². The van der Waals surface area contributed by atoms with E-state index < -0.39 is 29.4 Å². The Morgan fingerprint density at radius 1 is 1.12 bits per heavy atom. The number of aliphatic hydroxyl groups is 1. The second kappa shape index (κ2) is 5.84. The van der Waals surface area contributed by atoms with E-state index in [-0.39, 0.29) is 11.1 Å². The second-order valence-corrected chi connectivity index (χ2v) is 6.21. The van der Waals surface area contributed by atoms with Gasteiger partial charge in [-0.1, -0.05) is 36.4 Å². The minimum absolute atomic E-state index is 0.192. The van der Waals surface area contributed by atoms with Gasteiger partial charge >= 0.3 is 6.18 Å². The van der Waals surface area contributed by atoms with Gasteiger partial charge in [0.1, 0.15) is 5.82 Å². The number of amides is 1. The number of rotatable bonds is 4. The van der Waals surface area contributed by atoms with Crippen molar-refractivity contribution in [3.8, 4) is 11.1 Å². The monoisotopic (exact) mass is 353 g/mol. The molecule has 25 heavy (non-hydrogen) atoms. The summed E-state index contributed by atoms with van der Waals surface area (Å²) in [6.45, 7) is 0. The molecule has 1 saturated carbocycles. The number of aliphatic hydroxyl groups excluding tert-OH is 1. The minimum Gasteiger partial charge on any atom is -0.379 e. The second-order valence-electron chi connectivity index (χ2n) is 6.21. The molecule has 3 N–H and O–H groups in total. The molecule has 3 nitrogen and oxygen atoms in total. The summed E-state index contributed by atoms with van der Waals surface area (Å²) in [5, 5.41) is 9.22. The van der Waals surface area contributed by atoms with Crippen molar-refractivity contribution in [3.05, 3.63) is 59.4 Å². The highest BCUT2D eigenvalue weighted by Crippen LogP contribution is 2.48. The molecule has 1 amide bonds. The summed E-state index contributed by atoms with van der Waals surface area (Å²) in [5.41, 5.74) is 5.30. The zero-order valence-corrected chi connectivity index (χ0v) is 13.0. The third kappa shape index (κ3) is 3.11. The molecule has 0 saturated heterocycles. The lowest BCUT2D eigenvalue weighted by molar-refractivity contribution is -0.206. The Labute approximate surface area is 141 Å². The maximum Gasteiger partial charge on any atom is 0.418 e. The van der Waals surface area contributed by atoms with E-state index in [9.17, 15) is 27.5 Å². The Balaban J connectivity index is 1.89. The number of carbonyl (C=O) groups is 1. The van der Waals surface area contributed by atoms with E-state index in [1.807, 2.05) is 0 Å². The summed E-state index contributed by atoms with van der Waals surface area (Å²) >= 11 is 0. The van der Waals surface area contributed by atoms with Gasteiger partial charge in [0.15, 0.2) is 6.10 Å². The van der Waals surface area contributed by atoms with Gasteiger partial charge in [-0.25, -0.2) is 4.39 Å². The normalized spacial score (nSPS) is 17.2. The Morgan fingerprint density at radius 3 is 2.16 bits per heavy atom. The average molecular weight is 353 g/mol. The SMILES string of the molecule is NC(=O)C1(c2ccc(-c3ccc(C(O)C(F)(F)F)cc3)c(F)c2)CC1. The van der Waals surface area contributed by atoms with Crippen LogP contribution in [0.25, 0.3) is 11.1 Å². The quantitative estimate of drug-likeness (QED) is 0.825. The summed E-state index contributed by atoms with van der Waals surface area (Å²) in [4.78, 5) is 11.5. The molecule has 0 aliphatic heterocycles. The van der Waals surface area contributed by atoms with Crippen LogP contribution in [-0.4, -0.2) is 17.2 Å². The van der Waals surface area contributed by atoms with Crippen LogP contribution >= 0.6 is 0 Å². The number of benzene rings is 2. The van der Waals surface area contributed by atoms with Crippen LogP contribution < -0.4 is 5.73 Å². The molecule has 1 atom stereocenters. The largest absolute Gasteiger partial charge is 0.418 e. The number of alkyl halides is 3. The van der Waals surface area contributed by atoms with Crippen molar-refractivity contribution >= 4 is 5.91 Å². The summed E-state index contributed by atoms with van der Waals surface area (Å²) in [6, 6.07) is 9.15. The van der Waals surface area contributed by atoms with Crippen LogP contribution in [0.2, 0.25) is 0 Å². The molecule has 0 aromatic heterocycles. The predicted molar refractivity (Wildman–Crippen MR) is 83.0 cm³/mol. The van der Waals surface area contributed by atoms with E-state index in [1.54, 1.807) is 6.07 Å². The number of nitrogens with two attached hydrogens (primary N) is 1. The van der Waals surface area contributed by atoms with Gasteiger partial charge in [-0.2, -0.15) is 13.2 Å². The van der Waals surface area contributed by atoms with Gasteiger partial charge in [0, 0.05) is 5.56 Å². The van der Waals surface area contributed by atoms with Crippen LogP contribution in [-0.2, 0) is 10.2 Å². The van der Waals surface area contributed by atoms with E-state index in [0.717, 1.165) is 12.1 Å². The fraction of sp³-hybridized carbons (Fsp3) is 0.278. The fourth-order valence-electron chi connectivity index (χ4n) is 2.88. The van der Waals surface area contributed by atoms with Crippen LogP contribution in [0.1, 0.15) is 30.1 Å². The lowest BCUT2D eigenvalue weighted by Gasteiger charge is -2.16. The Morgan fingerprint density at radius 2 is 1.72 bits per heavy atom. The minimum atomic E-state index is -4.76. The van der Waals surface area contributed by atoms with Gasteiger partial charge in [-0.3, -0.25) is 4.79 Å². The van der Waals surface area contributed by atoms with Crippen LogP contribution in [0.3, 0.4) is 0 Å². The maximum absolute atomic E-state index is 14.4. The van der Waals surface area contributed by atoms with Crippen LogP contribution in [0.4, 0.5) is 17.6 Å². The van der Waals surface area contributed by atoms with Gasteiger partial charge in [0.2, 0.25) is 5.91 Å². The van der Waals surface area contributed by atoms with E-state index >= 15 is 0 Å². The highest BCUT2D eigenvalue weighted by molar-refractivity contribution is 5.90. The molecular formula is C18H15F4NO2. The third-order valence-electron chi connectivity index (χ3n) is 4.59. The summed E-state index contributed by atoms with van der Waals surface area (Å²) in [5.74, 6) is -1.08. The van der Waals surface area contributed by atoms with E-state index in [1.165, 1.54) is 24.3 Å². The number of primary amides is 1. The summed E-state index contributed by atoms with van der Waals surface area (Å²) in [6.07, 6.45) is -6.20. The maximum atomic E-state index is 14.4. The number of carbonyl (C=O) groups excluding carboxylic acids is 1. The van der Waals surface area contributed by atoms with E-state index in [2.05, 4.69) is 0 Å². The number of hydrogen-bond acceptors (Lipinski definition) is 2. The van der Waals surface area contributed by atoms with Gasteiger partial charge in [-0.05, 0) is 35.6 Å². The molecule has 132 valence electrons. The lowest BCUT2D eigenvalue weighted by Crippen LogP contribution is -2.28. The zero-order chi connectivity index (χ0) is 18.4. The predicted octanol–water partition coefficient (Wildman–Crippen LogP) is 3.61. The smallest absolute Gasteiger partial charge is 0.379 e. The number of halogens is 4. The first kappa shape index (κ1) is 17.4. The highest BCUT2D eigenvalue weighted by atomic mass is 19.4.